The van der Waals surface area contributed by atoms with Gasteiger partial charge in [0.05, 0.1) is 11.4 Å². The van der Waals surface area contributed by atoms with E-state index in [-0.39, 0.29) is 5.75 Å². The number of hydrogen-bond donors (Lipinski definition) is 1. The second-order valence-corrected chi connectivity index (χ2v) is 7.47. The smallest absolute Gasteiger partial charge is 0.148 e. The fraction of sp³-hybridized carbons (Fsp3) is 0.545. The molecule has 0 spiro atoms. The van der Waals surface area contributed by atoms with E-state index in [2.05, 4.69) is 4.98 Å². The summed E-state index contributed by atoms with van der Waals surface area (Å²) in [5, 5.41) is 0. The van der Waals surface area contributed by atoms with Crippen molar-refractivity contribution in [2.24, 2.45) is 0 Å². The van der Waals surface area contributed by atoms with Crippen LogP contribution in [-0.4, -0.2) is 31.2 Å². The van der Waals surface area contributed by atoms with Crippen molar-refractivity contribution in [1.29, 1.82) is 0 Å². The fourth-order valence-electron chi connectivity index (χ4n) is 1.32. The number of rotatable bonds is 5. The predicted molar refractivity (Wildman–Crippen MR) is 74.0 cm³/mol. The molecule has 4 nitrogen and oxygen atoms in total. The third-order valence-electron chi connectivity index (χ3n) is 2.51. The van der Waals surface area contributed by atoms with Crippen molar-refractivity contribution < 1.29 is 8.42 Å². The summed E-state index contributed by atoms with van der Waals surface area (Å²) in [6.45, 7) is 3.87. The van der Waals surface area contributed by atoms with Crippen LogP contribution in [0.2, 0.25) is 0 Å². The molecule has 0 amide bonds. The molecule has 0 radical (unpaired) electrons. The van der Waals surface area contributed by atoms with Crippen molar-refractivity contribution in [3.8, 4) is 0 Å². The van der Waals surface area contributed by atoms with Gasteiger partial charge in [-0.1, -0.05) is 0 Å². The minimum Gasteiger partial charge on any atom is -0.398 e. The Bertz CT molecular complexity index is 498. The summed E-state index contributed by atoms with van der Waals surface area (Å²) in [6, 6.07) is 0. The predicted octanol–water partition coefficient (Wildman–Crippen LogP) is 1.56. The molecule has 6 heteroatoms. The minimum atomic E-state index is -2.87. The van der Waals surface area contributed by atoms with Gasteiger partial charge < -0.3 is 5.73 Å². The molecule has 0 aliphatic carbocycles. The van der Waals surface area contributed by atoms with E-state index < -0.39 is 9.84 Å². The Morgan fingerprint density at radius 2 is 2.06 bits per heavy atom. The first-order valence-electron chi connectivity index (χ1n) is 5.27. The van der Waals surface area contributed by atoms with Gasteiger partial charge in [-0.25, -0.2) is 8.42 Å². The van der Waals surface area contributed by atoms with E-state index in [1.807, 2.05) is 13.8 Å². The Morgan fingerprint density at radius 3 is 2.65 bits per heavy atom. The van der Waals surface area contributed by atoms with E-state index in [1.54, 1.807) is 18.0 Å². The van der Waals surface area contributed by atoms with Crippen LogP contribution in [0, 0.1) is 13.8 Å². The Morgan fingerprint density at radius 1 is 1.41 bits per heavy atom. The van der Waals surface area contributed by atoms with Crippen molar-refractivity contribution >= 4 is 27.3 Å². The fourth-order valence-corrected chi connectivity index (χ4v) is 3.63. The van der Waals surface area contributed by atoms with E-state index in [4.69, 9.17) is 5.73 Å². The van der Waals surface area contributed by atoms with E-state index in [1.165, 1.54) is 6.26 Å². The number of hydrogen-bond acceptors (Lipinski definition) is 5. The van der Waals surface area contributed by atoms with Crippen LogP contribution in [0.1, 0.15) is 16.8 Å². The average molecular weight is 274 g/mol. The number of thioether (sulfide) groups is 1. The second kappa shape index (κ2) is 5.73. The summed E-state index contributed by atoms with van der Waals surface area (Å²) >= 11 is 1.56. The number of pyridine rings is 1. The summed E-state index contributed by atoms with van der Waals surface area (Å²) < 4.78 is 21.9. The summed E-state index contributed by atoms with van der Waals surface area (Å²) in [5.74, 6) is 1.50. The third kappa shape index (κ3) is 4.55. The van der Waals surface area contributed by atoms with Crippen LogP contribution in [0.4, 0.5) is 5.69 Å². The molecule has 0 atom stereocenters. The first-order chi connectivity index (χ1) is 7.81. The molecule has 0 unspecified atom stereocenters. The SMILES string of the molecule is Cc1cnc(CSCCS(C)(=O)=O)c(C)c1N. The lowest BCUT2D eigenvalue weighted by Crippen LogP contribution is -2.06. The van der Waals surface area contributed by atoms with Crippen LogP contribution < -0.4 is 5.73 Å². The lowest BCUT2D eigenvalue weighted by atomic mass is 10.1. The third-order valence-corrected chi connectivity index (χ3v) is 4.69. The quantitative estimate of drug-likeness (QED) is 0.825. The molecule has 17 heavy (non-hydrogen) atoms. The summed E-state index contributed by atoms with van der Waals surface area (Å²) in [4.78, 5) is 4.32. The molecule has 0 bridgehead atoms. The minimum absolute atomic E-state index is 0.206. The first kappa shape index (κ1) is 14.3. The van der Waals surface area contributed by atoms with Crippen LogP contribution in [-0.2, 0) is 15.6 Å². The van der Waals surface area contributed by atoms with Gasteiger partial charge in [-0.2, -0.15) is 11.8 Å². The van der Waals surface area contributed by atoms with Crippen molar-refractivity contribution in [3.05, 3.63) is 23.0 Å². The van der Waals surface area contributed by atoms with Gasteiger partial charge in [0.25, 0.3) is 0 Å². The van der Waals surface area contributed by atoms with Crippen molar-refractivity contribution in [1.82, 2.24) is 4.98 Å². The van der Waals surface area contributed by atoms with Gasteiger partial charge in [0, 0.05) is 29.6 Å². The number of nitrogens with zero attached hydrogens (tertiary/aromatic N) is 1. The van der Waals surface area contributed by atoms with E-state index in [0.29, 0.717) is 11.5 Å². The Kier molecular flexibility index (Phi) is 4.82. The Labute approximate surface area is 107 Å². The van der Waals surface area contributed by atoms with Gasteiger partial charge in [0.15, 0.2) is 0 Å². The average Bonchev–Trinajstić information content (AvgIpc) is 2.22. The highest BCUT2D eigenvalue weighted by molar-refractivity contribution is 7.99. The molecule has 2 N–H and O–H groups in total. The molecule has 1 aromatic heterocycles. The van der Waals surface area contributed by atoms with Crippen molar-refractivity contribution in [2.75, 3.05) is 23.5 Å². The summed E-state index contributed by atoms with van der Waals surface area (Å²) in [6.07, 6.45) is 3.01. The summed E-state index contributed by atoms with van der Waals surface area (Å²) in [5.41, 5.74) is 9.60. The van der Waals surface area contributed by atoms with E-state index in [9.17, 15) is 8.42 Å². The number of aromatic nitrogens is 1. The summed E-state index contributed by atoms with van der Waals surface area (Å²) in [7, 11) is -2.87. The van der Waals surface area contributed by atoms with Gasteiger partial charge >= 0.3 is 0 Å². The standard InChI is InChI=1S/C11H18N2O2S2/c1-8-6-13-10(9(2)11(8)12)7-16-4-5-17(3,14)15/h6H,4-5,7H2,1-3H3,(H2,12,13). The molecule has 96 valence electrons. The van der Waals surface area contributed by atoms with Gasteiger partial charge in [0.1, 0.15) is 9.84 Å². The van der Waals surface area contributed by atoms with Gasteiger partial charge in [-0.15, -0.1) is 0 Å². The zero-order valence-corrected chi connectivity index (χ0v) is 12.0. The second-order valence-electron chi connectivity index (χ2n) is 4.11. The van der Waals surface area contributed by atoms with Crippen LogP contribution in [0.5, 0.6) is 0 Å². The van der Waals surface area contributed by atoms with Crippen molar-refractivity contribution in [2.45, 2.75) is 19.6 Å². The Hall–Kier alpha value is -0.750. The number of aryl methyl sites for hydroxylation is 1. The highest BCUT2D eigenvalue weighted by atomic mass is 32.2. The van der Waals surface area contributed by atoms with Gasteiger partial charge in [0.2, 0.25) is 0 Å². The van der Waals surface area contributed by atoms with Crippen molar-refractivity contribution in [3.63, 3.8) is 0 Å². The maximum absolute atomic E-state index is 11.0. The van der Waals surface area contributed by atoms with E-state index in [0.717, 1.165) is 22.5 Å². The molecule has 0 aliphatic rings. The molecule has 0 aliphatic heterocycles. The molecule has 1 rings (SSSR count). The van der Waals surface area contributed by atoms with Crippen LogP contribution >= 0.6 is 11.8 Å². The first-order valence-corrected chi connectivity index (χ1v) is 8.49. The van der Waals surface area contributed by atoms with Gasteiger partial charge in [-0.05, 0) is 25.0 Å². The molecule has 0 saturated heterocycles. The number of nitrogens with two attached hydrogens (primary N) is 1. The van der Waals surface area contributed by atoms with Crippen LogP contribution in [0.15, 0.2) is 6.20 Å². The molecular formula is C11H18N2O2S2. The maximum atomic E-state index is 11.0. The molecule has 0 saturated carbocycles. The largest absolute Gasteiger partial charge is 0.398 e. The van der Waals surface area contributed by atoms with Gasteiger partial charge in [-0.3, -0.25) is 4.98 Å². The topological polar surface area (TPSA) is 73.0 Å². The van der Waals surface area contributed by atoms with Crippen LogP contribution in [0.25, 0.3) is 0 Å². The zero-order valence-electron chi connectivity index (χ0n) is 10.4. The Balaban J connectivity index is 2.56. The number of anilines is 1. The zero-order chi connectivity index (χ0) is 13.1. The molecule has 0 aromatic carbocycles. The highest BCUT2D eigenvalue weighted by Crippen LogP contribution is 2.21. The lowest BCUT2D eigenvalue weighted by Gasteiger charge is -2.09. The molecule has 1 aromatic rings. The monoisotopic (exact) mass is 274 g/mol. The normalized spacial score (nSPS) is 11.7. The molecule has 1 heterocycles. The number of nitrogen functional groups attached to an aromatic ring is 1. The van der Waals surface area contributed by atoms with E-state index >= 15 is 0 Å². The molecular weight excluding hydrogens is 256 g/mol. The lowest BCUT2D eigenvalue weighted by molar-refractivity contribution is 0.603. The highest BCUT2D eigenvalue weighted by Gasteiger charge is 2.07. The van der Waals surface area contributed by atoms with Crippen LogP contribution in [0.3, 0.4) is 0 Å². The maximum Gasteiger partial charge on any atom is 0.148 e. The number of sulfone groups is 1. The molecule has 0 fully saturated rings.